The maximum atomic E-state index is 9.94. The van der Waals surface area contributed by atoms with Crippen molar-refractivity contribution in [3.8, 4) is 0 Å². The average Bonchev–Trinajstić information content (AvgIpc) is 2.48. The second-order valence-electron chi connectivity index (χ2n) is 6.37. The van der Waals surface area contributed by atoms with E-state index in [1.165, 1.54) is 6.42 Å². The zero-order chi connectivity index (χ0) is 14.9. The minimum absolute atomic E-state index is 0.156. The highest BCUT2D eigenvalue weighted by atomic mass is 16.3. The number of aliphatic hydroxyl groups is 1. The van der Waals surface area contributed by atoms with E-state index in [4.69, 9.17) is 5.73 Å². The molecule has 2 aromatic rings. The van der Waals surface area contributed by atoms with Crippen LogP contribution in [0, 0.1) is 5.92 Å². The zero-order valence-electron chi connectivity index (χ0n) is 12.5. The maximum absolute atomic E-state index is 9.94. The molecule has 4 nitrogen and oxygen atoms in total. The van der Waals surface area contributed by atoms with Crippen LogP contribution in [0.5, 0.6) is 0 Å². The van der Waals surface area contributed by atoms with E-state index in [0.717, 1.165) is 35.9 Å². The number of rotatable bonds is 3. The molecule has 1 aromatic carbocycles. The lowest BCUT2D eigenvalue weighted by Crippen LogP contribution is -2.45. The first-order valence-electron chi connectivity index (χ1n) is 7.66. The number of pyridine rings is 1. The summed E-state index contributed by atoms with van der Waals surface area (Å²) < 4.78 is 0. The molecule has 1 aromatic heterocycles. The Labute approximate surface area is 125 Å². The van der Waals surface area contributed by atoms with Crippen molar-refractivity contribution in [2.24, 2.45) is 5.92 Å². The molecule has 21 heavy (non-hydrogen) atoms. The number of nitrogens with two attached hydrogens (primary N) is 1. The van der Waals surface area contributed by atoms with Crippen LogP contribution >= 0.6 is 0 Å². The van der Waals surface area contributed by atoms with Crippen LogP contribution in [0.15, 0.2) is 30.5 Å². The first-order chi connectivity index (χ1) is 10.1. The van der Waals surface area contributed by atoms with Crippen LogP contribution in [0.4, 0.5) is 11.4 Å². The van der Waals surface area contributed by atoms with Gasteiger partial charge in [0.25, 0.3) is 0 Å². The molecule has 1 saturated carbocycles. The Bertz CT molecular complexity index is 643. The van der Waals surface area contributed by atoms with Gasteiger partial charge in [-0.25, -0.2) is 0 Å². The second-order valence-corrected chi connectivity index (χ2v) is 6.37. The third-order valence-electron chi connectivity index (χ3n) is 4.60. The molecule has 0 radical (unpaired) electrons. The fraction of sp³-hybridized carbons (Fsp3) is 0.471. The van der Waals surface area contributed by atoms with Crippen LogP contribution in [0.2, 0.25) is 0 Å². The molecular formula is C17H23N3O. The van der Waals surface area contributed by atoms with Crippen molar-refractivity contribution in [3.05, 3.63) is 30.5 Å². The monoisotopic (exact) mass is 285 g/mol. The van der Waals surface area contributed by atoms with E-state index < -0.39 is 0 Å². The van der Waals surface area contributed by atoms with E-state index in [9.17, 15) is 5.11 Å². The Morgan fingerprint density at radius 2 is 2.29 bits per heavy atom. The van der Waals surface area contributed by atoms with E-state index in [1.807, 2.05) is 24.3 Å². The first kappa shape index (κ1) is 14.1. The number of nitrogens with zero attached hydrogens (tertiary/aromatic N) is 1. The molecule has 4 heteroatoms. The van der Waals surface area contributed by atoms with Crippen molar-refractivity contribution in [2.45, 2.75) is 38.1 Å². The summed E-state index contributed by atoms with van der Waals surface area (Å²) in [5, 5.41) is 14.6. The number of aliphatic hydroxyl groups excluding tert-OH is 1. The summed E-state index contributed by atoms with van der Waals surface area (Å²) >= 11 is 0. The summed E-state index contributed by atoms with van der Waals surface area (Å²) in [6.45, 7) is 2.41. The van der Waals surface area contributed by atoms with Gasteiger partial charge in [-0.3, -0.25) is 4.98 Å². The van der Waals surface area contributed by atoms with Gasteiger partial charge in [0, 0.05) is 17.3 Å². The maximum Gasteiger partial charge on any atom is 0.0951 e. The Morgan fingerprint density at radius 3 is 3.05 bits per heavy atom. The smallest absolute Gasteiger partial charge is 0.0951 e. The molecule has 1 aliphatic rings. The Hall–Kier alpha value is -1.81. The number of hydrogen-bond donors (Lipinski definition) is 3. The molecule has 0 aliphatic heterocycles. The van der Waals surface area contributed by atoms with Crippen molar-refractivity contribution in [1.29, 1.82) is 0 Å². The number of para-hydroxylation sites is 1. The standard InChI is InChI=1S/C17H23N3O/c1-12-4-3-8-17(10-12,11-21)20-15-7-9-19-16-13(15)5-2-6-14(16)18/h2,5-7,9,12,21H,3-4,8,10-11,18H2,1H3,(H,19,20). The van der Waals surface area contributed by atoms with Crippen LogP contribution < -0.4 is 11.1 Å². The Balaban J connectivity index is 1.99. The number of benzene rings is 1. The van der Waals surface area contributed by atoms with E-state index in [0.29, 0.717) is 11.6 Å². The van der Waals surface area contributed by atoms with Crippen molar-refractivity contribution in [1.82, 2.24) is 4.98 Å². The third kappa shape index (κ3) is 2.68. The fourth-order valence-electron chi connectivity index (χ4n) is 3.55. The number of aromatic nitrogens is 1. The minimum atomic E-state index is -0.226. The number of nitrogens with one attached hydrogen (secondary N) is 1. The summed E-state index contributed by atoms with van der Waals surface area (Å²) in [5.74, 6) is 0.636. The third-order valence-corrected chi connectivity index (χ3v) is 4.60. The van der Waals surface area contributed by atoms with Crippen molar-refractivity contribution in [2.75, 3.05) is 17.7 Å². The lowest BCUT2D eigenvalue weighted by Gasteiger charge is -2.40. The van der Waals surface area contributed by atoms with Gasteiger partial charge in [0.1, 0.15) is 0 Å². The highest BCUT2D eigenvalue weighted by Crippen LogP contribution is 2.36. The van der Waals surface area contributed by atoms with Crippen molar-refractivity contribution in [3.63, 3.8) is 0 Å². The largest absolute Gasteiger partial charge is 0.397 e. The summed E-state index contributed by atoms with van der Waals surface area (Å²) in [5.41, 5.74) is 8.30. The van der Waals surface area contributed by atoms with E-state index in [2.05, 4.69) is 17.2 Å². The molecule has 0 amide bonds. The SMILES string of the molecule is CC1CCCC(CO)(Nc2ccnc3c(N)cccc23)C1. The summed E-state index contributed by atoms with van der Waals surface area (Å²) in [6, 6.07) is 7.81. The van der Waals surface area contributed by atoms with Gasteiger partial charge >= 0.3 is 0 Å². The Morgan fingerprint density at radius 1 is 1.43 bits per heavy atom. The number of nitrogen functional groups attached to an aromatic ring is 1. The highest BCUT2D eigenvalue weighted by Gasteiger charge is 2.34. The van der Waals surface area contributed by atoms with E-state index >= 15 is 0 Å². The highest BCUT2D eigenvalue weighted by molar-refractivity contribution is 5.97. The zero-order valence-corrected chi connectivity index (χ0v) is 12.5. The van der Waals surface area contributed by atoms with Gasteiger partial charge in [-0.15, -0.1) is 0 Å². The first-order valence-corrected chi connectivity index (χ1v) is 7.66. The van der Waals surface area contributed by atoms with Crippen LogP contribution in [0.25, 0.3) is 10.9 Å². The van der Waals surface area contributed by atoms with Crippen molar-refractivity contribution >= 4 is 22.3 Å². The molecule has 0 saturated heterocycles. The lowest BCUT2D eigenvalue weighted by atomic mass is 9.76. The normalized spacial score (nSPS) is 25.9. The molecule has 2 atom stereocenters. The molecule has 112 valence electrons. The second kappa shape index (κ2) is 5.53. The Kier molecular flexibility index (Phi) is 3.72. The van der Waals surface area contributed by atoms with Crippen LogP contribution in [0.3, 0.4) is 0 Å². The van der Waals surface area contributed by atoms with Gasteiger partial charge in [-0.05, 0) is 30.9 Å². The number of hydrogen-bond acceptors (Lipinski definition) is 4. The predicted molar refractivity (Wildman–Crippen MR) is 87.2 cm³/mol. The van der Waals surface area contributed by atoms with Crippen LogP contribution in [0.1, 0.15) is 32.6 Å². The fourth-order valence-corrected chi connectivity index (χ4v) is 3.55. The average molecular weight is 285 g/mol. The topological polar surface area (TPSA) is 71.2 Å². The molecule has 4 N–H and O–H groups in total. The molecule has 0 spiro atoms. The van der Waals surface area contributed by atoms with Gasteiger partial charge in [0.05, 0.1) is 23.3 Å². The van der Waals surface area contributed by atoms with Crippen LogP contribution in [-0.2, 0) is 0 Å². The predicted octanol–water partition coefficient (Wildman–Crippen LogP) is 3.17. The molecule has 1 heterocycles. The molecule has 1 fully saturated rings. The number of fused-ring (bicyclic) bond motifs is 1. The van der Waals surface area contributed by atoms with Crippen molar-refractivity contribution < 1.29 is 5.11 Å². The molecule has 0 bridgehead atoms. The molecule has 1 aliphatic carbocycles. The lowest BCUT2D eigenvalue weighted by molar-refractivity contribution is 0.150. The van der Waals surface area contributed by atoms with Gasteiger partial charge in [0.15, 0.2) is 0 Å². The van der Waals surface area contributed by atoms with Crippen LogP contribution in [-0.4, -0.2) is 22.2 Å². The van der Waals surface area contributed by atoms with Gasteiger partial charge < -0.3 is 16.2 Å². The summed E-state index contributed by atoms with van der Waals surface area (Å²) in [7, 11) is 0. The van der Waals surface area contributed by atoms with E-state index in [1.54, 1.807) is 6.20 Å². The van der Waals surface area contributed by atoms with Gasteiger partial charge in [-0.1, -0.05) is 31.9 Å². The molecular weight excluding hydrogens is 262 g/mol. The number of anilines is 2. The van der Waals surface area contributed by atoms with Gasteiger partial charge in [-0.2, -0.15) is 0 Å². The van der Waals surface area contributed by atoms with Gasteiger partial charge in [0.2, 0.25) is 0 Å². The minimum Gasteiger partial charge on any atom is -0.397 e. The molecule has 2 unspecified atom stereocenters. The summed E-state index contributed by atoms with van der Waals surface area (Å²) in [4.78, 5) is 4.37. The summed E-state index contributed by atoms with van der Waals surface area (Å²) in [6.07, 6.45) is 6.17. The quantitative estimate of drug-likeness (QED) is 0.757. The molecule has 3 rings (SSSR count). The van der Waals surface area contributed by atoms with E-state index in [-0.39, 0.29) is 12.1 Å².